The number of carbonyl (C=O) groups excluding carboxylic acids is 1. The molecule has 2 heterocycles. The number of nitrogens with zero attached hydrogens (tertiary/aromatic N) is 3. The summed E-state index contributed by atoms with van der Waals surface area (Å²) in [5, 5.41) is 2.88. The summed E-state index contributed by atoms with van der Waals surface area (Å²) in [4.78, 5) is 24.7. The number of carbonyl (C=O) groups is 1. The Bertz CT molecular complexity index is 942. The quantitative estimate of drug-likeness (QED) is 0.584. The molecule has 3 aromatic rings. The Morgan fingerprint density at radius 1 is 1.10 bits per heavy atom. The highest BCUT2D eigenvalue weighted by molar-refractivity contribution is 5.78. The lowest BCUT2D eigenvalue weighted by Gasteiger charge is -2.21. The first-order chi connectivity index (χ1) is 14.7. The van der Waals surface area contributed by atoms with Crippen molar-refractivity contribution < 1.29 is 13.9 Å². The normalized spacial score (nSPS) is 15.2. The van der Waals surface area contributed by atoms with Gasteiger partial charge < -0.3 is 19.9 Å². The molecule has 8 heteroatoms. The van der Waals surface area contributed by atoms with Gasteiger partial charge in [0, 0.05) is 26.2 Å². The number of fused-ring (bicyclic) bond motifs is 1. The summed E-state index contributed by atoms with van der Waals surface area (Å²) in [6.07, 6.45) is 0.970. The third-order valence-corrected chi connectivity index (χ3v) is 5.14. The van der Waals surface area contributed by atoms with E-state index >= 15 is 0 Å². The number of hydrogen-bond acceptors (Lipinski definition) is 5. The molecule has 1 aliphatic rings. The minimum absolute atomic E-state index is 0.0186. The van der Waals surface area contributed by atoms with Crippen LogP contribution in [-0.4, -0.2) is 66.7 Å². The lowest BCUT2D eigenvalue weighted by atomic mass is 10.3. The van der Waals surface area contributed by atoms with Gasteiger partial charge in [0.2, 0.25) is 11.9 Å². The minimum Gasteiger partial charge on any atom is -0.492 e. The van der Waals surface area contributed by atoms with Crippen molar-refractivity contribution in [1.82, 2.24) is 20.2 Å². The molecule has 158 valence electrons. The second-order valence-corrected chi connectivity index (χ2v) is 7.35. The molecule has 0 aliphatic carbocycles. The molecule has 2 N–H and O–H groups in total. The first-order valence-corrected chi connectivity index (χ1v) is 10.2. The molecule has 0 radical (unpaired) electrons. The van der Waals surface area contributed by atoms with Gasteiger partial charge in [-0.15, -0.1) is 0 Å². The number of aromatic nitrogens is 2. The molecular weight excluding hydrogens is 385 g/mol. The van der Waals surface area contributed by atoms with Crippen molar-refractivity contribution in [2.75, 3.05) is 50.8 Å². The van der Waals surface area contributed by atoms with Crippen LogP contribution in [-0.2, 0) is 4.79 Å². The highest BCUT2D eigenvalue weighted by Gasteiger charge is 2.19. The zero-order chi connectivity index (χ0) is 20.8. The van der Waals surface area contributed by atoms with Crippen molar-refractivity contribution in [3.63, 3.8) is 0 Å². The molecule has 7 nitrogen and oxygen atoms in total. The number of halogens is 1. The Labute approximate surface area is 174 Å². The van der Waals surface area contributed by atoms with Gasteiger partial charge >= 0.3 is 0 Å². The van der Waals surface area contributed by atoms with Crippen LogP contribution in [0.2, 0.25) is 0 Å². The molecule has 1 saturated heterocycles. The number of hydrogen-bond donors (Lipinski definition) is 2. The number of H-pyrrole nitrogens is 1. The molecule has 1 fully saturated rings. The molecule has 0 saturated carbocycles. The Morgan fingerprint density at radius 3 is 2.77 bits per heavy atom. The maximum absolute atomic E-state index is 12.9. The summed E-state index contributed by atoms with van der Waals surface area (Å²) in [5.74, 6) is 1.16. The van der Waals surface area contributed by atoms with Crippen LogP contribution in [0.15, 0.2) is 48.5 Å². The van der Waals surface area contributed by atoms with Crippen molar-refractivity contribution >= 4 is 22.9 Å². The molecule has 1 aromatic heterocycles. The van der Waals surface area contributed by atoms with Crippen LogP contribution in [0.4, 0.5) is 10.3 Å². The van der Waals surface area contributed by atoms with E-state index in [9.17, 15) is 9.18 Å². The van der Waals surface area contributed by atoms with Crippen molar-refractivity contribution in [3.8, 4) is 5.75 Å². The lowest BCUT2D eigenvalue weighted by Crippen LogP contribution is -2.40. The summed E-state index contributed by atoms with van der Waals surface area (Å²) in [7, 11) is 0. The van der Waals surface area contributed by atoms with Gasteiger partial charge in [0.05, 0.1) is 24.1 Å². The van der Waals surface area contributed by atoms with Crippen LogP contribution in [0.3, 0.4) is 0 Å². The highest BCUT2D eigenvalue weighted by atomic mass is 19.1. The van der Waals surface area contributed by atoms with Crippen LogP contribution in [0.25, 0.3) is 11.0 Å². The Kier molecular flexibility index (Phi) is 6.44. The van der Waals surface area contributed by atoms with Crippen LogP contribution >= 0.6 is 0 Å². The summed E-state index contributed by atoms with van der Waals surface area (Å²) in [5.41, 5.74) is 2.01. The van der Waals surface area contributed by atoms with Gasteiger partial charge in [-0.3, -0.25) is 9.69 Å². The number of anilines is 1. The number of aromatic amines is 1. The second-order valence-electron chi connectivity index (χ2n) is 7.35. The average Bonchev–Trinajstić information content (AvgIpc) is 3.05. The summed E-state index contributed by atoms with van der Waals surface area (Å²) in [6.45, 7) is 4.52. The van der Waals surface area contributed by atoms with Gasteiger partial charge in [0.1, 0.15) is 18.2 Å². The Morgan fingerprint density at radius 2 is 1.93 bits per heavy atom. The number of para-hydroxylation sites is 2. The SMILES string of the molecule is O=C(CN1CCCN(c2nc3ccccc3[nH]2)CC1)NCCOc1ccc(F)cc1. The fourth-order valence-electron chi connectivity index (χ4n) is 3.58. The maximum atomic E-state index is 12.9. The Balaban J connectivity index is 1.19. The van der Waals surface area contributed by atoms with Gasteiger partial charge in [-0.05, 0) is 42.8 Å². The zero-order valence-corrected chi connectivity index (χ0v) is 16.8. The van der Waals surface area contributed by atoms with E-state index in [2.05, 4.69) is 25.1 Å². The fourth-order valence-corrected chi connectivity index (χ4v) is 3.58. The van der Waals surface area contributed by atoms with Gasteiger partial charge in [0.25, 0.3) is 0 Å². The smallest absolute Gasteiger partial charge is 0.234 e. The van der Waals surface area contributed by atoms with E-state index in [1.807, 2.05) is 24.3 Å². The van der Waals surface area contributed by atoms with E-state index < -0.39 is 0 Å². The van der Waals surface area contributed by atoms with E-state index in [0.29, 0.717) is 25.4 Å². The largest absolute Gasteiger partial charge is 0.492 e. The molecule has 0 bridgehead atoms. The number of nitrogens with one attached hydrogen (secondary N) is 2. The average molecular weight is 411 g/mol. The predicted molar refractivity (Wildman–Crippen MR) is 114 cm³/mol. The molecule has 0 spiro atoms. The molecule has 30 heavy (non-hydrogen) atoms. The number of benzene rings is 2. The summed E-state index contributed by atoms with van der Waals surface area (Å²) in [6, 6.07) is 13.9. The molecule has 1 aliphatic heterocycles. The van der Waals surface area contributed by atoms with Crippen LogP contribution in [0.5, 0.6) is 5.75 Å². The van der Waals surface area contributed by atoms with Crippen molar-refractivity contribution in [2.24, 2.45) is 0 Å². The number of imidazole rings is 1. The van der Waals surface area contributed by atoms with E-state index in [-0.39, 0.29) is 11.7 Å². The molecular formula is C22H26FN5O2. The number of ether oxygens (including phenoxy) is 1. The van der Waals surface area contributed by atoms with Gasteiger partial charge in [-0.25, -0.2) is 9.37 Å². The first kappa shape index (κ1) is 20.2. The van der Waals surface area contributed by atoms with Crippen molar-refractivity contribution in [2.45, 2.75) is 6.42 Å². The number of amides is 1. The van der Waals surface area contributed by atoms with Crippen molar-refractivity contribution in [1.29, 1.82) is 0 Å². The highest BCUT2D eigenvalue weighted by Crippen LogP contribution is 2.18. The number of rotatable bonds is 7. The lowest BCUT2D eigenvalue weighted by molar-refractivity contribution is -0.122. The van der Waals surface area contributed by atoms with Crippen LogP contribution in [0, 0.1) is 5.82 Å². The summed E-state index contributed by atoms with van der Waals surface area (Å²) < 4.78 is 18.4. The van der Waals surface area contributed by atoms with Gasteiger partial charge in [-0.1, -0.05) is 12.1 Å². The molecule has 0 atom stereocenters. The minimum atomic E-state index is -0.299. The van der Waals surface area contributed by atoms with E-state index in [4.69, 9.17) is 4.74 Å². The molecule has 1 amide bonds. The van der Waals surface area contributed by atoms with E-state index in [1.165, 1.54) is 12.1 Å². The van der Waals surface area contributed by atoms with E-state index in [1.54, 1.807) is 12.1 Å². The summed E-state index contributed by atoms with van der Waals surface area (Å²) >= 11 is 0. The molecule has 2 aromatic carbocycles. The maximum Gasteiger partial charge on any atom is 0.234 e. The fraction of sp³-hybridized carbons (Fsp3) is 0.364. The van der Waals surface area contributed by atoms with Gasteiger partial charge in [-0.2, -0.15) is 0 Å². The molecule has 4 rings (SSSR count). The standard InChI is InChI=1S/C22H26FN5O2/c23-17-6-8-18(9-7-17)30-15-10-24-21(29)16-27-11-3-12-28(14-13-27)22-25-19-4-1-2-5-20(19)26-22/h1-2,4-9H,3,10-16H2,(H,24,29)(H,25,26). The van der Waals surface area contributed by atoms with Crippen LogP contribution < -0.4 is 15.0 Å². The second kappa shape index (κ2) is 9.58. The zero-order valence-electron chi connectivity index (χ0n) is 16.8. The topological polar surface area (TPSA) is 73.5 Å². The Hall–Kier alpha value is -3.13. The first-order valence-electron chi connectivity index (χ1n) is 10.2. The third kappa shape index (κ3) is 5.27. The van der Waals surface area contributed by atoms with Crippen molar-refractivity contribution in [3.05, 3.63) is 54.3 Å². The predicted octanol–water partition coefficient (Wildman–Crippen LogP) is 2.41. The third-order valence-electron chi connectivity index (χ3n) is 5.14. The van der Waals surface area contributed by atoms with Gasteiger partial charge in [0.15, 0.2) is 0 Å². The monoisotopic (exact) mass is 411 g/mol. The van der Waals surface area contributed by atoms with E-state index in [0.717, 1.165) is 49.6 Å². The molecule has 0 unspecified atom stereocenters. The van der Waals surface area contributed by atoms with Crippen LogP contribution in [0.1, 0.15) is 6.42 Å².